The number of esters is 4. The van der Waals surface area contributed by atoms with Gasteiger partial charge < -0.3 is 33.8 Å². The van der Waals surface area contributed by atoms with Crippen molar-refractivity contribution in [2.75, 3.05) is 39.6 Å². The highest BCUT2D eigenvalue weighted by molar-refractivity contribution is 7.47. The minimum atomic E-state index is -4.96. The van der Waals surface area contributed by atoms with Crippen LogP contribution in [0.3, 0.4) is 0 Å². The van der Waals surface area contributed by atoms with Gasteiger partial charge >= 0.3 is 39.5 Å². The zero-order valence-electron chi connectivity index (χ0n) is 68.2. The zero-order valence-corrected chi connectivity index (χ0v) is 70.0. The van der Waals surface area contributed by atoms with E-state index in [0.717, 1.165) is 95.8 Å². The standard InChI is InChI=1S/C85H166O17P2/c1-6-9-12-15-18-21-24-26-28-30-32-34-36-38-40-42-44-50-55-60-65-70-84(89)101-81(75-96-83(88)69-64-59-54-49-43-41-39-37-35-33-31-29-27-25-22-19-16-13-10-7-2)77-100-104(93,94)98-73-79(86)72-97-103(91,92)99-76-80(74-95-82(87)68-63-58-53-48-23-20-17-14-11-8-3)102-85(90)71-66-61-56-51-46-45-47-52-57-62-67-78(4)5/h78-81,86H,6-77H2,1-5H3,(H,91,92)(H,93,94)/t79-,80+,81+/m0/s1. The molecule has 0 aromatic heterocycles. The molecule has 0 heterocycles. The number of unbranched alkanes of at least 4 members (excludes halogenated alkanes) is 57. The first-order valence-electron chi connectivity index (χ1n) is 44.1. The summed E-state index contributed by atoms with van der Waals surface area (Å²) in [6, 6.07) is 0. The number of carbonyl (C=O) groups is 4. The van der Waals surface area contributed by atoms with E-state index in [1.807, 2.05) is 0 Å². The first-order chi connectivity index (χ1) is 50.5. The van der Waals surface area contributed by atoms with Gasteiger partial charge in [-0.1, -0.05) is 407 Å². The van der Waals surface area contributed by atoms with E-state index >= 15 is 0 Å². The van der Waals surface area contributed by atoms with Gasteiger partial charge in [-0.05, 0) is 31.6 Å². The molecular formula is C85H166O17P2. The lowest BCUT2D eigenvalue weighted by Gasteiger charge is -2.21. The fraction of sp³-hybridized carbons (Fsp3) is 0.953. The van der Waals surface area contributed by atoms with Gasteiger partial charge in [0.25, 0.3) is 0 Å². The summed E-state index contributed by atoms with van der Waals surface area (Å²) in [4.78, 5) is 73.1. The van der Waals surface area contributed by atoms with Crippen LogP contribution >= 0.6 is 15.6 Å². The van der Waals surface area contributed by atoms with Gasteiger partial charge in [0.1, 0.15) is 19.3 Å². The first kappa shape index (κ1) is 102. The van der Waals surface area contributed by atoms with Crippen LogP contribution in [0.2, 0.25) is 0 Å². The van der Waals surface area contributed by atoms with E-state index < -0.39 is 97.5 Å². The van der Waals surface area contributed by atoms with Crippen LogP contribution in [0.5, 0.6) is 0 Å². The quantitative estimate of drug-likeness (QED) is 0.0222. The normalized spacial score (nSPS) is 13.8. The zero-order chi connectivity index (χ0) is 76.2. The molecule has 0 aliphatic rings. The molecule has 2 unspecified atom stereocenters. The van der Waals surface area contributed by atoms with Crippen molar-refractivity contribution in [1.29, 1.82) is 0 Å². The van der Waals surface area contributed by atoms with Crippen molar-refractivity contribution in [1.82, 2.24) is 0 Å². The molecule has 0 bridgehead atoms. The smallest absolute Gasteiger partial charge is 0.462 e. The number of hydrogen-bond donors (Lipinski definition) is 3. The third-order valence-corrected chi connectivity index (χ3v) is 21.9. The van der Waals surface area contributed by atoms with Crippen LogP contribution < -0.4 is 0 Å². The molecule has 0 saturated carbocycles. The van der Waals surface area contributed by atoms with Gasteiger partial charge in [-0.15, -0.1) is 0 Å². The van der Waals surface area contributed by atoms with E-state index in [0.29, 0.717) is 25.7 Å². The first-order valence-corrected chi connectivity index (χ1v) is 47.1. The highest BCUT2D eigenvalue weighted by Crippen LogP contribution is 2.45. The van der Waals surface area contributed by atoms with Crippen LogP contribution in [0, 0.1) is 5.92 Å². The summed E-state index contributed by atoms with van der Waals surface area (Å²) in [5.41, 5.74) is 0. The van der Waals surface area contributed by atoms with Gasteiger partial charge in [0.15, 0.2) is 12.2 Å². The second-order valence-corrected chi connectivity index (χ2v) is 34.0. The predicted octanol–water partition coefficient (Wildman–Crippen LogP) is 26.0. The van der Waals surface area contributed by atoms with Crippen molar-refractivity contribution < 1.29 is 80.2 Å². The average molecular weight is 1520 g/mol. The van der Waals surface area contributed by atoms with Crippen LogP contribution in [0.25, 0.3) is 0 Å². The van der Waals surface area contributed by atoms with Crippen molar-refractivity contribution in [2.24, 2.45) is 5.92 Å². The Labute approximate surface area is 638 Å². The lowest BCUT2D eigenvalue weighted by atomic mass is 10.0. The minimum absolute atomic E-state index is 0.107. The number of aliphatic hydroxyl groups is 1. The molecule has 0 radical (unpaired) electrons. The Morgan fingerprint density at radius 2 is 0.442 bits per heavy atom. The SMILES string of the molecule is CCCCCCCCCCCCCCCCCCCCCCCC(=O)O[C@H](COC(=O)CCCCCCCCCCCCCCCCCCCCCC)COP(=O)(O)OC[C@@H](O)COP(=O)(O)OC[C@@H](COC(=O)CCCCCCCCCCCC)OC(=O)CCCCCCCCCCCCC(C)C. The van der Waals surface area contributed by atoms with Gasteiger partial charge in [0.2, 0.25) is 0 Å². The van der Waals surface area contributed by atoms with Gasteiger partial charge in [-0.3, -0.25) is 37.3 Å². The van der Waals surface area contributed by atoms with Gasteiger partial charge in [0, 0.05) is 25.7 Å². The van der Waals surface area contributed by atoms with E-state index in [1.165, 1.54) is 283 Å². The van der Waals surface area contributed by atoms with E-state index in [-0.39, 0.29) is 25.7 Å². The van der Waals surface area contributed by atoms with Crippen molar-refractivity contribution >= 4 is 39.5 Å². The molecule has 0 fully saturated rings. The van der Waals surface area contributed by atoms with Crippen LogP contribution in [0.1, 0.15) is 458 Å². The van der Waals surface area contributed by atoms with E-state index in [9.17, 15) is 43.2 Å². The summed E-state index contributed by atoms with van der Waals surface area (Å²) in [6.45, 7) is 7.33. The molecule has 19 heteroatoms. The van der Waals surface area contributed by atoms with Crippen LogP contribution in [0.15, 0.2) is 0 Å². The molecule has 0 aliphatic heterocycles. The number of phosphoric ester groups is 2. The fourth-order valence-corrected chi connectivity index (χ4v) is 14.9. The molecule has 0 spiro atoms. The number of carbonyl (C=O) groups excluding carboxylic acids is 4. The molecule has 618 valence electrons. The van der Waals surface area contributed by atoms with Crippen LogP contribution in [0.4, 0.5) is 0 Å². The molecule has 0 rings (SSSR count). The maximum atomic E-state index is 13.1. The molecule has 0 aromatic carbocycles. The molecule has 17 nitrogen and oxygen atoms in total. The Morgan fingerprint density at radius 1 is 0.260 bits per heavy atom. The molecule has 0 amide bonds. The average Bonchev–Trinajstić information content (AvgIpc) is 0.911. The third-order valence-electron chi connectivity index (χ3n) is 20.0. The summed E-state index contributed by atoms with van der Waals surface area (Å²) in [5, 5.41) is 10.7. The number of ether oxygens (including phenoxy) is 4. The highest BCUT2D eigenvalue weighted by atomic mass is 31.2. The van der Waals surface area contributed by atoms with Crippen molar-refractivity contribution in [3.8, 4) is 0 Å². The van der Waals surface area contributed by atoms with Crippen LogP contribution in [-0.2, 0) is 65.4 Å². The van der Waals surface area contributed by atoms with Gasteiger partial charge in [0.05, 0.1) is 26.4 Å². The number of aliphatic hydroxyl groups excluding tert-OH is 1. The summed E-state index contributed by atoms with van der Waals surface area (Å²) in [6.07, 6.45) is 71.0. The molecule has 0 aliphatic carbocycles. The molecule has 5 atom stereocenters. The maximum absolute atomic E-state index is 13.1. The summed E-state index contributed by atoms with van der Waals surface area (Å²) >= 11 is 0. The van der Waals surface area contributed by atoms with Crippen molar-refractivity contribution in [3.05, 3.63) is 0 Å². The molecule has 0 saturated heterocycles. The molecule has 0 aromatic rings. The monoisotopic (exact) mass is 1520 g/mol. The second kappa shape index (κ2) is 77.8. The second-order valence-electron chi connectivity index (χ2n) is 31.1. The van der Waals surface area contributed by atoms with Crippen molar-refractivity contribution in [2.45, 2.75) is 477 Å². The predicted molar refractivity (Wildman–Crippen MR) is 428 cm³/mol. The van der Waals surface area contributed by atoms with E-state index in [1.54, 1.807) is 0 Å². The topological polar surface area (TPSA) is 237 Å². The fourth-order valence-electron chi connectivity index (χ4n) is 13.3. The summed E-state index contributed by atoms with van der Waals surface area (Å²) in [5.74, 6) is -1.35. The Balaban J connectivity index is 5.20. The maximum Gasteiger partial charge on any atom is 0.472 e. The highest BCUT2D eigenvalue weighted by Gasteiger charge is 2.30. The Bertz CT molecular complexity index is 1980. The summed E-state index contributed by atoms with van der Waals surface area (Å²) in [7, 11) is -9.92. The largest absolute Gasteiger partial charge is 0.472 e. The Morgan fingerprint density at radius 3 is 0.654 bits per heavy atom. The Kier molecular flexibility index (Phi) is 76.3. The van der Waals surface area contributed by atoms with E-state index in [4.69, 9.17) is 37.0 Å². The number of phosphoric acid groups is 2. The lowest BCUT2D eigenvalue weighted by Crippen LogP contribution is -2.30. The molecule has 104 heavy (non-hydrogen) atoms. The molecular weight excluding hydrogens is 1350 g/mol. The van der Waals surface area contributed by atoms with E-state index in [2.05, 4.69) is 34.6 Å². The summed E-state index contributed by atoms with van der Waals surface area (Å²) < 4.78 is 68.8. The third kappa shape index (κ3) is 78.2. The minimum Gasteiger partial charge on any atom is -0.462 e. The van der Waals surface area contributed by atoms with Crippen molar-refractivity contribution in [3.63, 3.8) is 0 Å². The van der Waals surface area contributed by atoms with Gasteiger partial charge in [-0.2, -0.15) is 0 Å². The number of rotatable bonds is 85. The Hall–Kier alpha value is -1.94. The lowest BCUT2D eigenvalue weighted by molar-refractivity contribution is -0.161. The number of hydrogen-bond acceptors (Lipinski definition) is 15. The van der Waals surface area contributed by atoms with Crippen LogP contribution in [-0.4, -0.2) is 96.7 Å². The van der Waals surface area contributed by atoms with Gasteiger partial charge in [-0.25, -0.2) is 9.13 Å². The molecule has 3 N–H and O–H groups in total.